The molecule has 3 fully saturated rings. The van der Waals surface area contributed by atoms with Gasteiger partial charge in [0.05, 0.1) is 12.6 Å². The third-order valence-corrected chi connectivity index (χ3v) is 7.33. The number of benzene rings is 1. The van der Waals surface area contributed by atoms with Gasteiger partial charge < -0.3 is 15.0 Å². The molecular weight excluding hydrogens is 392 g/mol. The van der Waals surface area contributed by atoms with Crippen molar-refractivity contribution in [2.24, 2.45) is 0 Å². The number of hydrogen-bond acceptors (Lipinski definition) is 5. The average Bonchev–Trinajstić information content (AvgIpc) is 3.38. The highest BCUT2D eigenvalue weighted by molar-refractivity contribution is 5.83. The topological polar surface area (TPSA) is 65.1 Å². The fourth-order valence-electron chi connectivity index (χ4n) is 5.61. The Kier molecular flexibility index (Phi) is 7.25. The number of methoxy groups -OCH3 is 1. The lowest BCUT2D eigenvalue weighted by molar-refractivity contribution is -0.133. The van der Waals surface area contributed by atoms with Crippen molar-refractivity contribution >= 4 is 11.8 Å². The number of likely N-dealkylation sites (N-methyl/N-ethyl adjacent to an activating group) is 1. The number of ether oxygens (including phenoxy) is 1. The number of fused-ring (bicyclic) bond motifs is 1. The van der Waals surface area contributed by atoms with Crippen LogP contribution in [0.1, 0.15) is 37.7 Å². The number of carbonyl (C=O) groups is 2. The second-order valence-corrected chi connectivity index (χ2v) is 9.20. The fourth-order valence-corrected chi connectivity index (χ4v) is 5.61. The van der Waals surface area contributed by atoms with Crippen LogP contribution in [0.3, 0.4) is 0 Å². The van der Waals surface area contributed by atoms with Crippen molar-refractivity contribution in [3.63, 3.8) is 0 Å². The maximum atomic E-state index is 13.0. The van der Waals surface area contributed by atoms with Crippen LogP contribution in [0.25, 0.3) is 0 Å². The number of carbonyl (C=O) groups excluding carboxylic acids is 2. The summed E-state index contributed by atoms with van der Waals surface area (Å²) in [7, 11) is 3.83. The van der Waals surface area contributed by atoms with Crippen LogP contribution in [-0.2, 0) is 20.9 Å². The Bertz CT molecular complexity index is 758. The first-order valence-corrected chi connectivity index (χ1v) is 11.6. The van der Waals surface area contributed by atoms with Crippen LogP contribution < -0.4 is 5.32 Å². The van der Waals surface area contributed by atoms with E-state index in [1.165, 1.54) is 5.56 Å². The SMILES string of the molecule is COCC1CCCN1C(=O)CCC1CNC(=O)C2C(CCN2Cc2ccccc2)N1C. The molecule has 0 bridgehead atoms. The van der Waals surface area contributed by atoms with E-state index in [0.717, 1.165) is 45.3 Å². The van der Waals surface area contributed by atoms with Crippen molar-refractivity contribution in [3.8, 4) is 0 Å². The molecule has 31 heavy (non-hydrogen) atoms. The molecule has 7 nitrogen and oxygen atoms in total. The summed E-state index contributed by atoms with van der Waals surface area (Å²) < 4.78 is 5.29. The molecule has 1 aromatic rings. The third kappa shape index (κ3) is 4.94. The summed E-state index contributed by atoms with van der Waals surface area (Å²) >= 11 is 0. The van der Waals surface area contributed by atoms with Gasteiger partial charge in [0.15, 0.2) is 0 Å². The minimum atomic E-state index is -0.129. The fraction of sp³-hybridized carbons (Fsp3) is 0.667. The Morgan fingerprint density at radius 1 is 1.16 bits per heavy atom. The van der Waals surface area contributed by atoms with Gasteiger partial charge in [0, 0.05) is 51.8 Å². The molecule has 3 aliphatic heterocycles. The highest BCUT2D eigenvalue weighted by atomic mass is 16.5. The Hall–Kier alpha value is -1.96. The third-order valence-electron chi connectivity index (χ3n) is 7.33. The summed E-state index contributed by atoms with van der Waals surface area (Å²) in [6.45, 7) is 3.77. The lowest BCUT2D eigenvalue weighted by Gasteiger charge is -2.33. The van der Waals surface area contributed by atoms with Crippen molar-refractivity contribution in [1.82, 2.24) is 20.0 Å². The number of hydrogen-bond donors (Lipinski definition) is 1. The van der Waals surface area contributed by atoms with Gasteiger partial charge in [-0.3, -0.25) is 19.4 Å². The first-order valence-electron chi connectivity index (χ1n) is 11.6. The van der Waals surface area contributed by atoms with Crippen LogP contribution in [0.4, 0.5) is 0 Å². The molecule has 1 aromatic carbocycles. The maximum Gasteiger partial charge on any atom is 0.239 e. The Morgan fingerprint density at radius 2 is 1.97 bits per heavy atom. The van der Waals surface area contributed by atoms with E-state index in [4.69, 9.17) is 4.74 Å². The largest absolute Gasteiger partial charge is 0.383 e. The Labute approximate surface area is 185 Å². The van der Waals surface area contributed by atoms with E-state index >= 15 is 0 Å². The van der Waals surface area contributed by atoms with Gasteiger partial charge in [0.2, 0.25) is 11.8 Å². The molecule has 2 amide bonds. The number of nitrogens with one attached hydrogen (secondary N) is 1. The summed E-state index contributed by atoms with van der Waals surface area (Å²) in [6.07, 6.45) is 4.36. The second-order valence-electron chi connectivity index (χ2n) is 9.20. The van der Waals surface area contributed by atoms with Crippen LogP contribution in [0.5, 0.6) is 0 Å². The predicted molar refractivity (Wildman–Crippen MR) is 119 cm³/mol. The normalized spacial score (nSPS) is 29.6. The van der Waals surface area contributed by atoms with E-state index < -0.39 is 0 Å². The molecule has 0 aliphatic carbocycles. The molecule has 3 aliphatic rings. The Balaban J connectivity index is 1.36. The molecule has 3 saturated heterocycles. The van der Waals surface area contributed by atoms with E-state index in [2.05, 4.69) is 34.3 Å². The quantitative estimate of drug-likeness (QED) is 0.713. The number of likely N-dealkylation sites (tertiary alicyclic amines) is 2. The first kappa shape index (κ1) is 22.2. The number of nitrogens with zero attached hydrogens (tertiary/aromatic N) is 3. The van der Waals surface area contributed by atoms with Gasteiger partial charge in [-0.05, 0) is 38.3 Å². The molecule has 170 valence electrons. The second kappa shape index (κ2) is 10.1. The molecule has 4 unspecified atom stereocenters. The molecule has 7 heteroatoms. The summed E-state index contributed by atoms with van der Waals surface area (Å²) in [6, 6.07) is 10.8. The zero-order chi connectivity index (χ0) is 21.8. The minimum absolute atomic E-state index is 0.124. The molecule has 0 spiro atoms. The summed E-state index contributed by atoms with van der Waals surface area (Å²) in [5, 5.41) is 3.17. The van der Waals surface area contributed by atoms with Crippen LogP contribution in [0.15, 0.2) is 30.3 Å². The van der Waals surface area contributed by atoms with Gasteiger partial charge in [-0.15, -0.1) is 0 Å². The lowest BCUT2D eigenvalue weighted by atomic mass is 10.0. The highest BCUT2D eigenvalue weighted by Gasteiger charge is 2.45. The number of rotatable bonds is 7. The summed E-state index contributed by atoms with van der Waals surface area (Å²) in [5.41, 5.74) is 1.24. The summed E-state index contributed by atoms with van der Waals surface area (Å²) in [4.78, 5) is 32.5. The van der Waals surface area contributed by atoms with Crippen molar-refractivity contribution < 1.29 is 14.3 Å². The van der Waals surface area contributed by atoms with E-state index in [1.807, 2.05) is 23.1 Å². The molecule has 0 radical (unpaired) electrons. The standard InChI is InChI=1S/C24H36N4O3/c1-26-19(10-11-22(29)28-13-6-9-20(28)17-31-2)15-25-24(30)23-21(26)12-14-27(23)16-18-7-4-3-5-8-18/h3-5,7-8,19-21,23H,6,9-17H2,1-2H3,(H,25,30). The van der Waals surface area contributed by atoms with Crippen molar-refractivity contribution in [3.05, 3.63) is 35.9 Å². The van der Waals surface area contributed by atoms with E-state index in [0.29, 0.717) is 19.6 Å². The molecule has 0 saturated carbocycles. The lowest BCUT2D eigenvalue weighted by Crippen LogP contribution is -2.49. The van der Waals surface area contributed by atoms with Gasteiger partial charge in [-0.1, -0.05) is 30.3 Å². The average molecular weight is 429 g/mol. The maximum absolute atomic E-state index is 13.0. The first-order chi connectivity index (χ1) is 15.1. The van der Waals surface area contributed by atoms with Gasteiger partial charge in [0.1, 0.15) is 6.04 Å². The molecule has 0 aromatic heterocycles. The van der Waals surface area contributed by atoms with Crippen LogP contribution in [0, 0.1) is 0 Å². The van der Waals surface area contributed by atoms with Gasteiger partial charge in [-0.2, -0.15) is 0 Å². The van der Waals surface area contributed by atoms with Gasteiger partial charge >= 0.3 is 0 Å². The smallest absolute Gasteiger partial charge is 0.239 e. The highest BCUT2D eigenvalue weighted by Crippen LogP contribution is 2.29. The van der Waals surface area contributed by atoms with E-state index in [-0.39, 0.29) is 36.0 Å². The zero-order valence-electron chi connectivity index (χ0n) is 18.8. The molecule has 4 atom stereocenters. The van der Waals surface area contributed by atoms with Crippen LogP contribution >= 0.6 is 0 Å². The monoisotopic (exact) mass is 428 g/mol. The van der Waals surface area contributed by atoms with Crippen LogP contribution in [0.2, 0.25) is 0 Å². The molecule has 4 rings (SSSR count). The number of amides is 2. The zero-order valence-corrected chi connectivity index (χ0v) is 18.8. The Morgan fingerprint density at radius 3 is 2.74 bits per heavy atom. The van der Waals surface area contributed by atoms with Crippen molar-refractivity contribution in [2.75, 3.05) is 40.4 Å². The minimum Gasteiger partial charge on any atom is -0.383 e. The van der Waals surface area contributed by atoms with Crippen molar-refractivity contribution in [1.29, 1.82) is 0 Å². The van der Waals surface area contributed by atoms with E-state index in [9.17, 15) is 9.59 Å². The van der Waals surface area contributed by atoms with Gasteiger partial charge in [-0.25, -0.2) is 0 Å². The molecule has 1 N–H and O–H groups in total. The summed E-state index contributed by atoms with van der Waals surface area (Å²) in [5.74, 6) is 0.344. The molecule has 3 heterocycles. The van der Waals surface area contributed by atoms with Gasteiger partial charge in [0.25, 0.3) is 0 Å². The van der Waals surface area contributed by atoms with Crippen molar-refractivity contribution in [2.45, 2.75) is 62.8 Å². The van der Waals surface area contributed by atoms with E-state index in [1.54, 1.807) is 7.11 Å². The molecular formula is C24H36N4O3. The predicted octanol–water partition coefficient (Wildman–Crippen LogP) is 1.48. The van der Waals surface area contributed by atoms with Crippen LogP contribution in [-0.4, -0.2) is 91.1 Å².